The van der Waals surface area contributed by atoms with E-state index in [1.54, 1.807) is 7.11 Å². The standard InChI is InChI=1S/C20H24N4O5S/c1-29-18-5-3-2-4-17(18)23-10-12-24(13-11-23)20(26)19(25)22-14-15-6-8-16(9-7-15)30(21,27)28/h2-9H,10-14H2,1H3,(H,22,25)(H2,21,27,28). The SMILES string of the molecule is COc1ccccc1N1CCN(C(=O)C(=O)NCc2ccc(S(N)(=O)=O)cc2)CC1. The number of nitrogens with two attached hydrogens (primary N) is 1. The van der Waals surface area contributed by atoms with Gasteiger partial charge in [-0.2, -0.15) is 0 Å². The van der Waals surface area contributed by atoms with Crippen LogP contribution in [0, 0.1) is 0 Å². The summed E-state index contributed by atoms with van der Waals surface area (Å²) in [6.07, 6.45) is 0. The minimum atomic E-state index is -3.77. The summed E-state index contributed by atoms with van der Waals surface area (Å²) in [7, 11) is -2.15. The van der Waals surface area contributed by atoms with Crippen LogP contribution in [-0.4, -0.2) is 58.4 Å². The molecule has 0 aliphatic carbocycles. The number of nitrogens with zero attached hydrogens (tertiary/aromatic N) is 2. The third-order valence-electron chi connectivity index (χ3n) is 4.89. The molecular weight excluding hydrogens is 408 g/mol. The predicted octanol–water partition coefficient (Wildman–Crippen LogP) is 0.308. The van der Waals surface area contributed by atoms with E-state index in [2.05, 4.69) is 10.2 Å². The quantitative estimate of drug-likeness (QED) is 0.656. The highest BCUT2D eigenvalue weighted by atomic mass is 32.2. The number of methoxy groups -OCH3 is 1. The van der Waals surface area contributed by atoms with Crippen LogP contribution in [0.15, 0.2) is 53.4 Å². The van der Waals surface area contributed by atoms with Crippen LogP contribution in [0.3, 0.4) is 0 Å². The van der Waals surface area contributed by atoms with Crippen LogP contribution in [0.25, 0.3) is 0 Å². The van der Waals surface area contributed by atoms with Gasteiger partial charge in [0.25, 0.3) is 0 Å². The molecule has 1 aliphatic rings. The molecule has 0 bridgehead atoms. The summed E-state index contributed by atoms with van der Waals surface area (Å²) in [4.78, 5) is 28.3. The number of piperazine rings is 1. The van der Waals surface area contributed by atoms with E-state index in [1.807, 2.05) is 24.3 Å². The number of nitrogens with one attached hydrogen (secondary N) is 1. The number of primary sulfonamides is 1. The van der Waals surface area contributed by atoms with E-state index >= 15 is 0 Å². The monoisotopic (exact) mass is 432 g/mol. The van der Waals surface area contributed by atoms with Gasteiger partial charge in [-0.15, -0.1) is 0 Å². The molecule has 1 fully saturated rings. The van der Waals surface area contributed by atoms with Gasteiger partial charge in [-0.05, 0) is 29.8 Å². The van der Waals surface area contributed by atoms with E-state index in [4.69, 9.17) is 9.88 Å². The molecule has 1 saturated heterocycles. The molecule has 2 aromatic rings. The average molecular weight is 433 g/mol. The van der Waals surface area contributed by atoms with E-state index in [9.17, 15) is 18.0 Å². The zero-order valence-corrected chi connectivity index (χ0v) is 17.4. The molecule has 0 unspecified atom stereocenters. The van der Waals surface area contributed by atoms with Crippen LogP contribution < -0.4 is 20.1 Å². The Kier molecular flexibility index (Phi) is 6.58. The molecule has 160 valence electrons. The van der Waals surface area contributed by atoms with Gasteiger partial charge in [0.15, 0.2) is 0 Å². The zero-order valence-electron chi connectivity index (χ0n) is 16.6. The van der Waals surface area contributed by atoms with Gasteiger partial charge in [-0.1, -0.05) is 24.3 Å². The maximum absolute atomic E-state index is 12.4. The van der Waals surface area contributed by atoms with E-state index in [1.165, 1.54) is 29.2 Å². The topological polar surface area (TPSA) is 122 Å². The maximum atomic E-state index is 12.4. The molecule has 0 atom stereocenters. The Bertz CT molecular complexity index is 1020. The maximum Gasteiger partial charge on any atom is 0.312 e. The third kappa shape index (κ3) is 5.08. The summed E-state index contributed by atoms with van der Waals surface area (Å²) in [5, 5.41) is 7.63. The Hall–Kier alpha value is -3.11. The van der Waals surface area contributed by atoms with Crippen LogP contribution in [0.1, 0.15) is 5.56 Å². The number of carbonyl (C=O) groups is 2. The van der Waals surface area contributed by atoms with E-state index in [-0.39, 0.29) is 11.4 Å². The van der Waals surface area contributed by atoms with Crippen LogP contribution in [0.4, 0.5) is 5.69 Å². The second-order valence-corrected chi connectivity index (χ2v) is 8.38. The minimum absolute atomic E-state index is 0.0124. The van der Waals surface area contributed by atoms with E-state index in [0.717, 1.165) is 11.4 Å². The summed E-state index contributed by atoms with van der Waals surface area (Å²) in [6.45, 7) is 2.14. The summed E-state index contributed by atoms with van der Waals surface area (Å²) < 4.78 is 27.9. The molecule has 0 spiro atoms. The lowest BCUT2D eigenvalue weighted by molar-refractivity contribution is -0.146. The number of carbonyl (C=O) groups excluding carboxylic acids is 2. The third-order valence-corrected chi connectivity index (χ3v) is 5.82. The lowest BCUT2D eigenvalue weighted by atomic mass is 10.2. The largest absolute Gasteiger partial charge is 0.495 e. The number of anilines is 1. The number of para-hydroxylation sites is 2. The second-order valence-electron chi connectivity index (χ2n) is 6.82. The molecule has 3 N–H and O–H groups in total. The van der Waals surface area contributed by atoms with Crippen molar-refractivity contribution in [1.82, 2.24) is 10.2 Å². The van der Waals surface area contributed by atoms with Crippen LogP contribution in [-0.2, 0) is 26.2 Å². The van der Waals surface area contributed by atoms with Crippen LogP contribution in [0.2, 0.25) is 0 Å². The number of hydrogen-bond acceptors (Lipinski definition) is 6. The first-order valence-corrected chi connectivity index (χ1v) is 10.9. The van der Waals surface area contributed by atoms with E-state index < -0.39 is 21.8 Å². The second kappa shape index (κ2) is 9.14. The fourth-order valence-electron chi connectivity index (χ4n) is 3.24. The highest BCUT2D eigenvalue weighted by molar-refractivity contribution is 7.89. The molecule has 1 aliphatic heterocycles. The first kappa shape index (κ1) is 21.6. The van der Waals surface area contributed by atoms with Crippen molar-refractivity contribution in [1.29, 1.82) is 0 Å². The van der Waals surface area contributed by atoms with Crippen LogP contribution >= 0.6 is 0 Å². The van der Waals surface area contributed by atoms with Gasteiger partial charge in [0.05, 0.1) is 17.7 Å². The lowest BCUT2D eigenvalue weighted by Crippen LogP contribution is -2.52. The highest BCUT2D eigenvalue weighted by Gasteiger charge is 2.26. The lowest BCUT2D eigenvalue weighted by Gasteiger charge is -2.36. The molecule has 0 saturated carbocycles. The van der Waals surface area contributed by atoms with Crippen molar-refractivity contribution in [3.05, 3.63) is 54.1 Å². The molecule has 0 aromatic heterocycles. The van der Waals surface area contributed by atoms with Crippen molar-refractivity contribution in [2.45, 2.75) is 11.4 Å². The van der Waals surface area contributed by atoms with Crippen molar-refractivity contribution in [3.8, 4) is 5.75 Å². The smallest absolute Gasteiger partial charge is 0.312 e. The summed E-state index contributed by atoms with van der Waals surface area (Å²) >= 11 is 0. The van der Waals surface area contributed by atoms with Crippen molar-refractivity contribution in [2.24, 2.45) is 5.14 Å². The molecule has 10 heteroatoms. The Balaban J connectivity index is 1.52. The molecule has 1 heterocycles. The van der Waals surface area contributed by atoms with Crippen LogP contribution in [0.5, 0.6) is 5.75 Å². The summed E-state index contributed by atoms with van der Waals surface area (Å²) in [5.74, 6) is -0.518. The molecular formula is C20H24N4O5S. The molecule has 3 rings (SSSR count). The van der Waals surface area contributed by atoms with Gasteiger partial charge in [0.1, 0.15) is 5.75 Å². The average Bonchev–Trinajstić information content (AvgIpc) is 2.76. The fourth-order valence-corrected chi connectivity index (χ4v) is 3.76. The van der Waals surface area contributed by atoms with Crippen molar-refractivity contribution in [2.75, 3.05) is 38.2 Å². The zero-order chi connectivity index (χ0) is 21.7. The molecule has 0 radical (unpaired) electrons. The predicted molar refractivity (Wildman–Crippen MR) is 111 cm³/mol. The van der Waals surface area contributed by atoms with Gasteiger partial charge in [-0.3, -0.25) is 9.59 Å². The molecule has 2 amide bonds. The Labute approximate surface area is 175 Å². The number of benzene rings is 2. The first-order valence-electron chi connectivity index (χ1n) is 9.36. The van der Waals surface area contributed by atoms with Gasteiger partial charge in [0.2, 0.25) is 10.0 Å². The van der Waals surface area contributed by atoms with Gasteiger partial charge >= 0.3 is 11.8 Å². The van der Waals surface area contributed by atoms with Gasteiger partial charge in [-0.25, -0.2) is 13.6 Å². The first-order chi connectivity index (χ1) is 14.3. The Morgan fingerprint density at radius 1 is 1.03 bits per heavy atom. The van der Waals surface area contributed by atoms with Gasteiger partial charge in [0, 0.05) is 32.7 Å². The Morgan fingerprint density at radius 3 is 2.27 bits per heavy atom. The molecule has 2 aromatic carbocycles. The number of amides is 2. The summed E-state index contributed by atoms with van der Waals surface area (Å²) in [5.41, 5.74) is 1.61. The normalized spacial score (nSPS) is 14.3. The Morgan fingerprint density at radius 2 is 1.67 bits per heavy atom. The molecule has 9 nitrogen and oxygen atoms in total. The number of sulfonamides is 1. The van der Waals surface area contributed by atoms with Gasteiger partial charge < -0.3 is 19.9 Å². The summed E-state index contributed by atoms with van der Waals surface area (Å²) in [6, 6.07) is 13.5. The number of hydrogen-bond donors (Lipinski definition) is 2. The van der Waals surface area contributed by atoms with Crippen molar-refractivity contribution < 1.29 is 22.7 Å². The highest BCUT2D eigenvalue weighted by Crippen LogP contribution is 2.28. The fraction of sp³-hybridized carbons (Fsp3) is 0.300. The van der Waals surface area contributed by atoms with E-state index in [0.29, 0.717) is 31.7 Å². The molecule has 30 heavy (non-hydrogen) atoms. The van der Waals surface area contributed by atoms with Crippen molar-refractivity contribution >= 4 is 27.5 Å². The minimum Gasteiger partial charge on any atom is -0.495 e. The number of ether oxygens (including phenoxy) is 1. The van der Waals surface area contributed by atoms with Crippen molar-refractivity contribution in [3.63, 3.8) is 0 Å². The number of rotatable bonds is 5.